The minimum atomic E-state index is -0.657. The molecule has 4 nitrogen and oxygen atoms in total. The van der Waals surface area contributed by atoms with Gasteiger partial charge in [-0.3, -0.25) is 14.5 Å². The van der Waals surface area contributed by atoms with Crippen molar-refractivity contribution < 1.29 is 13.6 Å². The maximum Gasteiger partial charge on any atom is 0.295 e. The molecular formula is C26H20FNO3. The Kier molecular flexibility index (Phi) is 4.47. The molecule has 31 heavy (non-hydrogen) atoms. The molecule has 3 aromatic carbocycles. The Bertz CT molecular complexity index is 1350. The van der Waals surface area contributed by atoms with Crippen molar-refractivity contribution in [3.8, 4) is 0 Å². The van der Waals surface area contributed by atoms with Gasteiger partial charge in [0.05, 0.1) is 17.0 Å². The fourth-order valence-electron chi connectivity index (χ4n) is 4.17. The molecule has 0 N–H and O–H groups in total. The Hall–Kier alpha value is -3.73. The molecule has 0 radical (unpaired) electrons. The first kappa shape index (κ1) is 19.2. The number of anilines is 1. The molecule has 0 aliphatic carbocycles. The lowest BCUT2D eigenvalue weighted by Gasteiger charge is -2.25. The lowest BCUT2D eigenvalue weighted by atomic mass is 9.95. The summed E-state index contributed by atoms with van der Waals surface area (Å²) in [6, 6.07) is 19.8. The smallest absolute Gasteiger partial charge is 0.295 e. The van der Waals surface area contributed by atoms with Gasteiger partial charge < -0.3 is 4.42 Å². The van der Waals surface area contributed by atoms with Gasteiger partial charge in [0, 0.05) is 5.69 Å². The fraction of sp³-hybridized carbons (Fsp3) is 0.154. The maximum absolute atomic E-state index is 13.6. The van der Waals surface area contributed by atoms with Crippen LogP contribution in [0.4, 0.5) is 10.1 Å². The molecule has 4 aromatic rings. The number of fused-ring (bicyclic) bond motifs is 2. The zero-order chi connectivity index (χ0) is 21.7. The van der Waals surface area contributed by atoms with Crippen LogP contribution in [0.25, 0.3) is 11.0 Å². The second kappa shape index (κ2) is 7.20. The highest BCUT2D eigenvalue weighted by atomic mass is 19.1. The van der Waals surface area contributed by atoms with E-state index in [4.69, 9.17) is 4.42 Å². The molecule has 1 aromatic heterocycles. The lowest BCUT2D eigenvalue weighted by Crippen LogP contribution is -2.29. The third-order valence-electron chi connectivity index (χ3n) is 5.80. The second-order valence-electron chi connectivity index (χ2n) is 8.05. The number of carbonyl (C=O) groups excluding carboxylic acids is 1. The van der Waals surface area contributed by atoms with Gasteiger partial charge in [0.25, 0.3) is 5.91 Å². The van der Waals surface area contributed by atoms with Crippen LogP contribution in [-0.2, 0) is 0 Å². The van der Waals surface area contributed by atoms with Crippen molar-refractivity contribution in [2.75, 3.05) is 4.90 Å². The SMILES string of the molecule is CC(C)c1ccc(C2c3c(oc4ccccc4c3=O)C(=O)N2c2ccc(F)cc2)cc1. The third-order valence-corrected chi connectivity index (χ3v) is 5.80. The summed E-state index contributed by atoms with van der Waals surface area (Å²) in [7, 11) is 0. The molecule has 1 unspecified atom stereocenters. The number of hydrogen-bond donors (Lipinski definition) is 0. The molecule has 0 saturated carbocycles. The molecule has 5 heteroatoms. The number of nitrogens with zero attached hydrogens (tertiary/aromatic N) is 1. The van der Waals surface area contributed by atoms with Crippen LogP contribution in [0.3, 0.4) is 0 Å². The molecule has 0 bridgehead atoms. The summed E-state index contributed by atoms with van der Waals surface area (Å²) < 4.78 is 19.5. The summed E-state index contributed by atoms with van der Waals surface area (Å²) in [5.74, 6) is -0.423. The van der Waals surface area contributed by atoms with E-state index in [9.17, 15) is 14.0 Å². The number of para-hydroxylation sites is 1. The third kappa shape index (κ3) is 3.05. The number of rotatable bonds is 3. The van der Waals surface area contributed by atoms with Gasteiger partial charge in [-0.1, -0.05) is 50.2 Å². The van der Waals surface area contributed by atoms with Gasteiger partial charge in [0.1, 0.15) is 11.4 Å². The van der Waals surface area contributed by atoms with Crippen LogP contribution in [0.5, 0.6) is 0 Å². The summed E-state index contributed by atoms with van der Waals surface area (Å²) in [4.78, 5) is 28.4. The van der Waals surface area contributed by atoms with E-state index < -0.39 is 17.8 Å². The quantitative estimate of drug-likeness (QED) is 0.426. The molecule has 0 fully saturated rings. The molecule has 0 spiro atoms. The lowest BCUT2D eigenvalue weighted by molar-refractivity contribution is 0.0971. The molecule has 1 aliphatic rings. The van der Waals surface area contributed by atoms with E-state index in [1.165, 1.54) is 17.0 Å². The molecule has 1 amide bonds. The van der Waals surface area contributed by atoms with Gasteiger partial charge in [0.2, 0.25) is 5.76 Å². The topological polar surface area (TPSA) is 50.5 Å². The standard InChI is InChI=1S/C26H20FNO3/c1-15(2)16-7-9-17(10-8-16)23-22-24(29)20-5-3-4-6-21(20)31-25(22)26(30)28(23)19-13-11-18(27)12-14-19/h3-15,23H,1-2H3. The van der Waals surface area contributed by atoms with Crippen molar-refractivity contribution in [3.63, 3.8) is 0 Å². The minimum Gasteiger partial charge on any atom is -0.450 e. The van der Waals surface area contributed by atoms with E-state index in [0.29, 0.717) is 28.1 Å². The molecule has 2 heterocycles. The number of carbonyl (C=O) groups is 1. The van der Waals surface area contributed by atoms with E-state index in [1.807, 2.05) is 24.3 Å². The molecule has 1 atom stereocenters. The van der Waals surface area contributed by atoms with E-state index >= 15 is 0 Å². The maximum atomic E-state index is 13.6. The number of hydrogen-bond acceptors (Lipinski definition) is 3. The van der Waals surface area contributed by atoms with Crippen LogP contribution in [0.2, 0.25) is 0 Å². The Morgan fingerprint density at radius 2 is 1.58 bits per heavy atom. The van der Waals surface area contributed by atoms with Crippen LogP contribution in [0.15, 0.2) is 82.0 Å². The van der Waals surface area contributed by atoms with E-state index in [-0.39, 0.29) is 11.2 Å². The monoisotopic (exact) mass is 413 g/mol. The van der Waals surface area contributed by atoms with Crippen molar-refractivity contribution in [2.45, 2.75) is 25.8 Å². The first-order valence-electron chi connectivity index (χ1n) is 10.2. The van der Waals surface area contributed by atoms with E-state index in [1.54, 1.807) is 36.4 Å². The predicted octanol–water partition coefficient (Wildman–Crippen LogP) is 5.81. The van der Waals surface area contributed by atoms with Gasteiger partial charge in [0.15, 0.2) is 5.43 Å². The summed E-state index contributed by atoms with van der Waals surface area (Å²) in [6.07, 6.45) is 0. The molecule has 154 valence electrons. The zero-order valence-corrected chi connectivity index (χ0v) is 17.1. The Morgan fingerprint density at radius 3 is 2.26 bits per heavy atom. The van der Waals surface area contributed by atoms with Crippen LogP contribution < -0.4 is 10.3 Å². The van der Waals surface area contributed by atoms with Crippen LogP contribution in [-0.4, -0.2) is 5.91 Å². The summed E-state index contributed by atoms with van der Waals surface area (Å²) >= 11 is 0. The van der Waals surface area contributed by atoms with E-state index in [2.05, 4.69) is 13.8 Å². The van der Waals surface area contributed by atoms with Gasteiger partial charge >= 0.3 is 0 Å². The van der Waals surface area contributed by atoms with Crippen LogP contribution in [0.1, 0.15) is 53.1 Å². The summed E-state index contributed by atoms with van der Waals surface area (Å²) in [5.41, 5.74) is 2.90. The Morgan fingerprint density at radius 1 is 0.903 bits per heavy atom. The highest BCUT2D eigenvalue weighted by Gasteiger charge is 2.43. The van der Waals surface area contributed by atoms with Gasteiger partial charge in [-0.15, -0.1) is 0 Å². The van der Waals surface area contributed by atoms with Crippen molar-refractivity contribution in [1.82, 2.24) is 0 Å². The van der Waals surface area contributed by atoms with Crippen molar-refractivity contribution in [3.05, 3.63) is 111 Å². The predicted molar refractivity (Wildman–Crippen MR) is 118 cm³/mol. The molecule has 1 aliphatic heterocycles. The summed E-state index contributed by atoms with van der Waals surface area (Å²) in [6.45, 7) is 4.21. The first-order chi connectivity index (χ1) is 15.0. The fourth-order valence-corrected chi connectivity index (χ4v) is 4.17. The highest BCUT2D eigenvalue weighted by molar-refractivity contribution is 6.10. The molecular weight excluding hydrogens is 393 g/mol. The molecule has 0 saturated heterocycles. The largest absolute Gasteiger partial charge is 0.450 e. The molecule has 5 rings (SSSR count). The summed E-state index contributed by atoms with van der Waals surface area (Å²) in [5, 5.41) is 0.429. The average molecular weight is 413 g/mol. The van der Waals surface area contributed by atoms with Crippen molar-refractivity contribution in [2.24, 2.45) is 0 Å². The second-order valence-corrected chi connectivity index (χ2v) is 8.05. The average Bonchev–Trinajstić information content (AvgIpc) is 3.07. The van der Waals surface area contributed by atoms with Crippen LogP contribution >= 0.6 is 0 Å². The van der Waals surface area contributed by atoms with Crippen LogP contribution in [0, 0.1) is 5.82 Å². The number of amides is 1. The Balaban J connectivity index is 1.77. The Labute approximate surface area is 178 Å². The van der Waals surface area contributed by atoms with Gasteiger partial charge in [-0.05, 0) is 53.4 Å². The van der Waals surface area contributed by atoms with E-state index in [0.717, 1.165) is 11.1 Å². The zero-order valence-electron chi connectivity index (χ0n) is 17.1. The normalized spacial score (nSPS) is 15.7. The van der Waals surface area contributed by atoms with Crippen molar-refractivity contribution >= 4 is 22.6 Å². The number of halogens is 1. The van der Waals surface area contributed by atoms with Crippen molar-refractivity contribution in [1.29, 1.82) is 0 Å². The minimum absolute atomic E-state index is 0.0333. The first-order valence-corrected chi connectivity index (χ1v) is 10.2. The highest BCUT2D eigenvalue weighted by Crippen LogP contribution is 2.41. The van der Waals surface area contributed by atoms with Gasteiger partial charge in [-0.2, -0.15) is 0 Å². The number of benzene rings is 3. The van der Waals surface area contributed by atoms with Gasteiger partial charge in [-0.25, -0.2) is 4.39 Å².